The van der Waals surface area contributed by atoms with E-state index in [9.17, 15) is 8.78 Å². The lowest BCUT2D eigenvalue weighted by Crippen LogP contribution is -2.14. The van der Waals surface area contributed by atoms with Gasteiger partial charge in [0.1, 0.15) is 11.6 Å². The molecule has 0 spiro atoms. The highest BCUT2D eigenvalue weighted by atomic mass is 79.9. The van der Waals surface area contributed by atoms with E-state index in [0.29, 0.717) is 11.6 Å². The van der Waals surface area contributed by atoms with E-state index >= 15 is 0 Å². The zero-order valence-corrected chi connectivity index (χ0v) is 12.3. The van der Waals surface area contributed by atoms with Crippen LogP contribution in [0.4, 0.5) is 14.5 Å². The Balaban J connectivity index is 1.88. The van der Waals surface area contributed by atoms with E-state index in [1.54, 1.807) is 24.3 Å². The molecule has 0 amide bonds. The average molecular weight is 338 g/mol. The first-order chi connectivity index (χ1) is 9.63. The molecule has 2 aromatic rings. The molecule has 0 aromatic heterocycles. The molecule has 1 saturated carbocycles. The van der Waals surface area contributed by atoms with Crippen LogP contribution in [-0.4, -0.2) is 0 Å². The molecular weight excluding hydrogens is 324 g/mol. The van der Waals surface area contributed by atoms with Crippen molar-refractivity contribution in [2.45, 2.75) is 18.9 Å². The molecule has 2 aromatic carbocycles. The van der Waals surface area contributed by atoms with Gasteiger partial charge >= 0.3 is 0 Å². The minimum absolute atomic E-state index is 0.0272. The highest BCUT2D eigenvalue weighted by Crippen LogP contribution is 2.43. The van der Waals surface area contributed by atoms with Gasteiger partial charge in [0.15, 0.2) is 0 Å². The van der Waals surface area contributed by atoms with Crippen LogP contribution < -0.4 is 5.32 Å². The van der Waals surface area contributed by atoms with Gasteiger partial charge in [0.05, 0.1) is 11.7 Å². The number of rotatable bonds is 4. The first-order valence-electron chi connectivity index (χ1n) is 6.60. The van der Waals surface area contributed by atoms with Gasteiger partial charge in [0.25, 0.3) is 0 Å². The third-order valence-corrected chi connectivity index (χ3v) is 4.06. The van der Waals surface area contributed by atoms with Gasteiger partial charge < -0.3 is 5.32 Å². The van der Waals surface area contributed by atoms with Gasteiger partial charge in [-0.25, -0.2) is 8.78 Å². The van der Waals surface area contributed by atoms with Crippen molar-refractivity contribution in [3.8, 4) is 0 Å². The molecule has 1 N–H and O–H groups in total. The van der Waals surface area contributed by atoms with E-state index in [1.807, 2.05) is 0 Å². The molecule has 0 heterocycles. The summed E-state index contributed by atoms with van der Waals surface area (Å²) in [5, 5.41) is 3.26. The molecule has 1 aliphatic carbocycles. The lowest BCUT2D eigenvalue weighted by atomic mass is 10.0. The Morgan fingerprint density at radius 2 is 1.75 bits per heavy atom. The summed E-state index contributed by atoms with van der Waals surface area (Å²) in [6, 6.07) is 11.3. The largest absolute Gasteiger partial charge is 0.376 e. The second-order valence-electron chi connectivity index (χ2n) is 5.14. The Labute approximate surface area is 125 Å². The van der Waals surface area contributed by atoms with Gasteiger partial charge in [-0.1, -0.05) is 28.1 Å². The van der Waals surface area contributed by atoms with Gasteiger partial charge in [-0.05, 0) is 54.7 Å². The van der Waals surface area contributed by atoms with Crippen molar-refractivity contribution in [2.75, 3.05) is 5.32 Å². The topological polar surface area (TPSA) is 12.0 Å². The summed E-state index contributed by atoms with van der Waals surface area (Å²) in [5.41, 5.74) is 1.47. The SMILES string of the molecule is Fc1ccc(C(Nc2cc(Br)ccc2F)C2CC2)cc1. The van der Waals surface area contributed by atoms with Crippen molar-refractivity contribution in [3.63, 3.8) is 0 Å². The molecule has 20 heavy (non-hydrogen) atoms. The average Bonchev–Trinajstić information content (AvgIpc) is 3.25. The smallest absolute Gasteiger partial charge is 0.146 e. The predicted molar refractivity (Wildman–Crippen MR) is 79.6 cm³/mol. The number of anilines is 1. The fraction of sp³-hybridized carbons (Fsp3) is 0.250. The molecule has 1 atom stereocenters. The standard InChI is InChI=1S/C16H14BrF2N/c17-12-5-8-14(19)15(9-12)20-16(10-1-2-10)11-3-6-13(18)7-4-11/h3-10,16,20H,1-2H2. The zero-order chi connectivity index (χ0) is 14.1. The third kappa shape index (κ3) is 3.01. The Bertz CT molecular complexity index is 608. The number of hydrogen-bond acceptors (Lipinski definition) is 1. The zero-order valence-electron chi connectivity index (χ0n) is 10.7. The van der Waals surface area contributed by atoms with Gasteiger partial charge in [-0.3, -0.25) is 0 Å². The van der Waals surface area contributed by atoms with Gasteiger partial charge in [-0.2, -0.15) is 0 Å². The molecule has 0 aliphatic heterocycles. The van der Waals surface area contributed by atoms with Crippen LogP contribution in [0.25, 0.3) is 0 Å². The van der Waals surface area contributed by atoms with E-state index in [0.717, 1.165) is 22.9 Å². The van der Waals surface area contributed by atoms with E-state index in [4.69, 9.17) is 0 Å². The number of halogens is 3. The quantitative estimate of drug-likeness (QED) is 0.799. The Morgan fingerprint density at radius 1 is 1.05 bits per heavy atom. The number of hydrogen-bond donors (Lipinski definition) is 1. The van der Waals surface area contributed by atoms with Crippen molar-refractivity contribution in [1.29, 1.82) is 0 Å². The summed E-state index contributed by atoms with van der Waals surface area (Å²) < 4.78 is 27.7. The molecule has 0 radical (unpaired) electrons. The lowest BCUT2D eigenvalue weighted by molar-refractivity contribution is 0.611. The maximum Gasteiger partial charge on any atom is 0.146 e. The molecule has 0 saturated heterocycles. The fourth-order valence-electron chi connectivity index (χ4n) is 2.35. The number of benzene rings is 2. The van der Waals surface area contributed by atoms with Crippen molar-refractivity contribution in [2.24, 2.45) is 5.92 Å². The monoisotopic (exact) mass is 337 g/mol. The van der Waals surface area contributed by atoms with Crippen LogP contribution >= 0.6 is 15.9 Å². The van der Waals surface area contributed by atoms with Crippen LogP contribution in [0.5, 0.6) is 0 Å². The van der Waals surface area contributed by atoms with E-state index < -0.39 is 0 Å². The maximum absolute atomic E-state index is 13.9. The van der Waals surface area contributed by atoms with Crippen molar-refractivity contribution < 1.29 is 8.78 Å². The van der Waals surface area contributed by atoms with Crippen LogP contribution in [-0.2, 0) is 0 Å². The van der Waals surface area contributed by atoms with Gasteiger partial charge in [-0.15, -0.1) is 0 Å². The summed E-state index contributed by atoms with van der Waals surface area (Å²) in [7, 11) is 0. The second-order valence-corrected chi connectivity index (χ2v) is 6.05. The fourth-order valence-corrected chi connectivity index (χ4v) is 2.71. The molecular formula is C16H14BrF2N. The maximum atomic E-state index is 13.9. The molecule has 0 bridgehead atoms. The van der Waals surface area contributed by atoms with E-state index in [2.05, 4.69) is 21.2 Å². The summed E-state index contributed by atoms with van der Waals surface area (Å²) >= 11 is 3.35. The highest BCUT2D eigenvalue weighted by Gasteiger charge is 2.32. The van der Waals surface area contributed by atoms with Crippen LogP contribution in [0.1, 0.15) is 24.4 Å². The second kappa shape index (κ2) is 5.52. The minimum atomic E-state index is -0.277. The molecule has 1 aliphatic rings. The first kappa shape index (κ1) is 13.6. The lowest BCUT2D eigenvalue weighted by Gasteiger charge is -2.20. The Kier molecular flexibility index (Phi) is 3.74. The normalized spacial score (nSPS) is 15.9. The minimum Gasteiger partial charge on any atom is -0.376 e. The summed E-state index contributed by atoms with van der Waals surface area (Å²) in [4.78, 5) is 0. The van der Waals surface area contributed by atoms with Crippen LogP contribution in [0.15, 0.2) is 46.9 Å². The molecule has 1 unspecified atom stereocenters. The third-order valence-electron chi connectivity index (χ3n) is 3.56. The first-order valence-corrected chi connectivity index (χ1v) is 7.40. The number of nitrogens with one attached hydrogen (secondary N) is 1. The molecule has 1 nitrogen and oxygen atoms in total. The Hall–Kier alpha value is -1.42. The van der Waals surface area contributed by atoms with E-state index in [1.165, 1.54) is 18.2 Å². The summed E-state index contributed by atoms with van der Waals surface area (Å²) in [6.45, 7) is 0. The predicted octanol–water partition coefficient (Wildman–Crippen LogP) is 5.29. The van der Waals surface area contributed by atoms with Crippen molar-refractivity contribution in [3.05, 3.63) is 64.1 Å². The van der Waals surface area contributed by atoms with Gasteiger partial charge in [0.2, 0.25) is 0 Å². The summed E-state index contributed by atoms with van der Waals surface area (Å²) in [6.07, 6.45) is 2.23. The van der Waals surface area contributed by atoms with Gasteiger partial charge in [0, 0.05) is 4.47 Å². The van der Waals surface area contributed by atoms with Crippen LogP contribution in [0.2, 0.25) is 0 Å². The molecule has 4 heteroatoms. The van der Waals surface area contributed by atoms with Crippen LogP contribution in [0.3, 0.4) is 0 Å². The van der Waals surface area contributed by atoms with Crippen molar-refractivity contribution >= 4 is 21.6 Å². The van der Waals surface area contributed by atoms with Crippen molar-refractivity contribution in [1.82, 2.24) is 0 Å². The highest BCUT2D eigenvalue weighted by molar-refractivity contribution is 9.10. The summed E-state index contributed by atoms with van der Waals surface area (Å²) in [5.74, 6) is -0.0447. The molecule has 1 fully saturated rings. The molecule has 104 valence electrons. The Morgan fingerprint density at radius 3 is 2.40 bits per heavy atom. The van der Waals surface area contributed by atoms with Crippen LogP contribution in [0, 0.1) is 17.6 Å². The molecule has 3 rings (SSSR count). The van der Waals surface area contributed by atoms with E-state index in [-0.39, 0.29) is 17.7 Å².